The van der Waals surface area contributed by atoms with Gasteiger partial charge in [0.25, 0.3) is 0 Å². The van der Waals surface area contributed by atoms with Gasteiger partial charge < -0.3 is 5.11 Å². The fraction of sp³-hybridized carbons (Fsp3) is 0.125. The fourth-order valence-electron chi connectivity index (χ4n) is 1.91. The van der Waals surface area contributed by atoms with Crippen LogP contribution >= 0.6 is 0 Å². The second-order valence-electron chi connectivity index (χ2n) is 3.91. The number of phenols is 1. The molecule has 0 aliphatic carbocycles. The standard InChI is InChI=1S/C16H16O/c1-2-8-14(13-9-4-3-5-10-13)15-11-6-7-12-16(15)17/h3-12,17H,2H2,1H3/b14-8+. The molecule has 0 aliphatic rings. The summed E-state index contributed by atoms with van der Waals surface area (Å²) in [7, 11) is 0. The van der Waals surface area contributed by atoms with E-state index in [4.69, 9.17) is 0 Å². The number of aromatic hydroxyl groups is 1. The molecular weight excluding hydrogens is 208 g/mol. The Bertz CT molecular complexity index is 512. The maximum absolute atomic E-state index is 9.93. The zero-order valence-electron chi connectivity index (χ0n) is 9.93. The van der Waals surface area contributed by atoms with Crippen LogP contribution in [0, 0.1) is 0 Å². The molecule has 2 aromatic rings. The van der Waals surface area contributed by atoms with Crippen LogP contribution in [0.2, 0.25) is 0 Å². The number of rotatable bonds is 3. The molecular formula is C16H16O. The van der Waals surface area contributed by atoms with Crippen LogP contribution in [-0.4, -0.2) is 5.11 Å². The molecule has 0 aromatic heterocycles. The van der Waals surface area contributed by atoms with Crippen molar-refractivity contribution in [3.63, 3.8) is 0 Å². The first-order valence-corrected chi connectivity index (χ1v) is 5.87. The van der Waals surface area contributed by atoms with Crippen LogP contribution in [0.4, 0.5) is 0 Å². The molecule has 2 rings (SSSR count). The summed E-state index contributed by atoms with van der Waals surface area (Å²) in [6.07, 6.45) is 3.09. The van der Waals surface area contributed by atoms with E-state index in [0.717, 1.165) is 23.1 Å². The monoisotopic (exact) mass is 224 g/mol. The van der Waals surface area contributed by atoms with E-state index in [1.54, 1.807) is 6.07 Å². The van der Waals surface area contributed by atoms with Gasteiger partial charge >= 0.3 is 0 Å². The highest BCUT2D eigenvalue weighted by molar-refractivity contribution is 5.82. The van der Waals surface area contributed by atoms with E-state index in [9.17, 15) is 5.11 Å². The molecule has 0 heterocycles. The zero-order chi connectivity index (χ0) is 12.1. The zero-order valence-corrected chi connectivity index (χ0v) is 9.93. The molecule has 1 heteroatoms. The Morgan fingerprint density at radius 3 is 2.29 bits per heavy atom. The molecule has 0 aliphatic heterocycles. The molecule has 1 nitrogen and oxygen atoms in total. The van der Waals surface area contributed by atoms with E-state index >= 15 is 0 Å². The number of hydrogen-bond donors (Lipinski definition) is 1. The van der Waals surface area contributed by atoms with Crippen molar-refractivity contribution in [3.05, 3.63) is 71.8 Å². The summed E-state index contributed by atoms with van der Waals surface area (Å²) >= 11 is 0. The van der Waals surface area contributed by atoms with Gasteiger partial charge in [-0.15, -0.1) is 0 Å². The van der Waals surface area contributed by atoms with Gasteiger partial charge in [-0.05, 0) is 23.6 Å². The molecule has 0 unspecified atom stereocenters. The lowest BCUT2D eigenvalue weighted by atomic mass is 9.96. The molecule has 0 atom stereocenters. The predicted octanol–water partition coefficient (Wildman–Crippen LogP) is 4.23. The Labute approximate surface area is 102 Å². The summed E-state index contributed by atoms with van der Waals surface area (Å²) in [5.41, 5.74) is 3.11. The van der Waals surface area contributed by atoms with Gasteiger partial charge in [0.2, 0.25) is 0 Å². The first-order valence-electron chi connectivity index (χ1n) is 5.87. The lowest BCUT2D eigenvalue weighted by molar-refractivity contribution is 0.473. The van der Waals surface area contributed by atoms with Crippen molar-refractivity contribution in [2.45, 2.75) is 13.3 Å². The first kappa shape index (κ1) is 11.5. The molecule has 0 saturated carbocycles. The van der Waals surface area contributed by atoms with Crippen LogP contribution in [0.25, 0.3) is 5.57 Å². The maximum atomic E-state index is 9.93. The van der Waals surface area contributed by atoms with Gasteiger partial charge in [-0.3, -0.25) is 0 Å². The van der Waals surface area contributed by atoms with Crippen molar-refractivity contribution >= 4 is 5.57 Å². The molecule has 0 fully saturated rings. The normalized spacial score (nSPS) is 11.5. The third-order valence-corrected chi connectivity index (χ3v) is 2.69. The van der Waals surface area contributed by atoms with Gasteiger partial charge in [-0.2, -0.15) is 0 Å². The average Bonchev–Trinajstić information content (AvgIpc) is 2.38. The quantitative estimate of drug-likeness (QED) is 0.827. The summed E-state index contributed by atoms with van der Waals surface area (Å²) in [6.45, 7) is 2.10. The minimum atomic E-state index is 0.330. The third kappa shape index (κ3) is 2.56. The minimum Gasteiger partial charge on any atom is -0.507 e. The minimum absolute atomic E-state index is 0.330. The van der Waals surface area contributed by atoms with E-state index in [-0.39, 0.29) is 0 Å². The van der Waals surface area contributed by atoms with E-state index < -0.39 is 0 Å². The number of benzene rings is 2. The molecule has 0 radical (unpaired) electrons. The smallest absolute Gasteiger partial charge is 0.123 e. The number of allylic oxidation sites excluding steroid dienone is 1. The van der Waals surface area contributed by atoms with Crippen molar-refractivity contribution in [3.8, 4) is 5.75 Å². The van der Waals surface area contributed by atoms with Crippen molar-refractivity contribution in [2.24, 2.45) is 0 Å². The van der Waals surface area contributed by atoms with E-state index in [1.165, 1.54) is 0 Å². The number of para-hydroxylation sites is 1. The Hall–Kier alpha value is -2.02. The Morgan fingerprint density at radius 1 is 1.00 bits per heavy atom. The van der Waals surface area contributed by atoms with Crippen molar-refractivity contribution in [1.29, 1.82) is 0 Å². The average molecular weight is 224 g/mol. The highest BCUT2D eigenvalue weighted by Gasteiger charge is 2.07. The second kappa shape index (κ2) is 5.35. The van der Waals surface area contributed by atoms with Gasteiger partial charge in [0.1, 0.15) is 5.75 Å². The van der Waals surface area contributed by atoms with Crippen LogP contribution in [0.1, 0.15) is 24.5 Å². The molecule has 0 bridgehead atoms. The Morgan fingerprint density at radius 2 is 1.65 bits per heavy atom. The molecule has 17 heavy (non-hydrogen) atoms. The van der Waals surface area contributed by atoms with Crippen molar-refractivity contribution < 1.29 is 5.11 Å². The van der Waals surface area contributed by atoms with Crippen LogP contribution in [-0.2, 0) is 0 Å². The lowest BCUT2D eigenvalue weighted by Crippen LogP contribution is -1.88. The molecule has 0 spiro atoms. The first-order chi connectivity index (χ1) is 8.33. The Balaban J connectivity index is 2.52. The maximum Gasteiger partial charge on any atom is 0.123 e. The van der Waals surface area contributed by atoms with Gasteiger partial charge in [-0.1, -0.05) is 61.5 Å². The van der Waals surface area contributed by atoms with Gasteiger partial charge in [0.15, 0.2) is 0 Å². The highest BCUT2D eigenvalue weighted by Crippen LogP contribution is 2.30. The summed E-state index contributed by atoms with van der Waals surface area (Å²) in [5, 5.41) is 9.93. The van der Waals surface area contributed by atoms with E-state index in [0.29, 0.717) is 5.75 Å². The summed E-state index contributed by atoms with van der Waals surface area (Å²) in [6, 6.07) is 17.6. The summed E-state index contributed by atoms with van der Waals surface area (Å²) in [5.74, 6) is 0.330. The summed E-state index contributed by atoms with van der Waals surface area (Å²) in [4.78, 5) is 0. The lowest BCUT2D eigenvalue weighted by Gasteiger charge is -2.10. The van der Waals surface area contributed by atoms with Crippen LogP contribution in [0.5, 0.6) is 5.75 Å². The SMILES string of the molecule is CC/C=C(\c1ccccc1)c1ccccc1O. The molecule has 86 valence electrons. The fourth-order valence-corrected chi connectivity index (χ4v) is 1.91. The molecule has 2 aromatic carbocycles. The number of phenolic OH excluding ortho intramolecular Hbond substituents is 1. The second-order valence-corrected chi connectivity index (χ2v) is 3.91. The van der Waals surface area contributed by atoms with E-state index in [2.05, 4.69) is 25.1 Å². The predicted molar refractivity (Wildman–Crippen MR) is 71.9 cm³/mol. The number of hydrogen-bond acceptors (Lipinski definition) is 1. The summed E-state index contributed by atoms with van der Waals surface area (Å²) < 4.78 is 0. The van der Waals surface area contributed by atoms with E-state index in [1.807, 2.05) is 36.4 Å². The third-order valence-electron chi connectivity index (χ3n) is 2.69. The molecule has 1 N–H and O–H groups in total. The van der Waals surface area contributed by atoms with Crippen LogP contribution in [0.15, 0.2) is 60.7 Å². The highest BCUT2D eigenvalue weighted by atomic mass is 16.3. The van der Waals surface area contributed by atoms with Crippen LogP contribution in [0.3, 0.4) is 0 Å². The Kier molecular flexibility index (Phi) is 3.61. The molecule has 0 saturated heterocycles. The topological polar surface area (TPSA) is 20.2 Å². The largest absolute Gasteiger partial charge is 0.507 e. The van der Waals surface area contributed by atoms with Gasteiger partial charge in [0.05, 0.1) is 0 Å². The van der Waals surface area contributed by atoms with Crippen molar-refractivity contribution in [1.82, 2.24) is 0 Å². The van der Waals surface area contributed by atoms with Crippen molar-refractivity contribution in [2.75, 3.05) is 0 Å². The van der Waals surface area contributed by atoms with Gasteiger partial charge in [0, 0.05) is 5.56 Å². The van der Waals surface area contributed by atoms with Crippen LogP contribution < -0.4 is 0 Å². The molecule has 0 amide bonds. The van der Waals surface area contributed by atoms with Gasteiger partial charge in [-0.25, -0.2) is 0 Å².